The van der Waals surface area contributed by atoms with Crippen molar-refractivity contribution in [2.75, 3.05) is 0 Å². The van der Waals surface area contributed by atoms with Gasteiger partial charge in [0, 0.05) is 0 Å². The summed E-state index contributed by atoms with van der Waals surface area (Å²) < 4.78 is 5.10. The molecule has 0 bridgehead atoms. The van der Waals surface area contributed by atoms with Gasteiger partial charge in [-0.15, -0.1) is 0 Å². The Morgan fingerprint density at radius 3 is 1.56 bits per heavy atom. The summed E-state index contributed by atoms with van der Waals surface area (Å²) in [6, 6.07) is 11.0. The fraction of sp³-hybridized carbons (Fsp3) is 0.735. The maximum atomic E-state index is 2.55. The monoisotopic (exact) mass is 495 g/mol. The van der Waals surface area contributed by atoms with E-state index in [-0.39, 0.29) is 0 Å². The van der Waals surface area contributed by atoms with E-state index in [0.717, 1.165) is 6.42 Å². The zero-order chi connectivity index (χ0) is 25.5. The molecule has 0 aliphatic rings. The lowest BCUT2D eigenvalue weighted by Gasteiger charge is -2.07. The second kappa shape index (κ2) is 21.5. The van der Waals surface area contributed by atoms with Crippen LogP contribution in [-0.4, -0.2) is 4.57 Å². The Bertz CT molecular complexity index is 733. The number of benzene rings is 1. The van der Waals surface area contributed by atoms with E-state index in [4.69, 9.17) is 0 Å². The first-order chi connectivity index (χ1) is 17.8. The number of rotatable bonds is 24. The third-order valence-electron chi connectivity index (χ3n) is 7.80. The van der Waals surface area contributed by atoms with E-state index in [9.17, 15) is 0 Å². The molecular weight excluding hydrogens is 436 g/mol. The number of hydrogen-bond acceptors (Lipinski definition) is 0. The molecule has 204 valence electrons. The first-order valence-electron chi connectivity index (χ1n) is 16.0. The van der Waals surface area contributed by atoms with Crippen molar-refractivity contribution in [2.24, 2.45) is 0 Å². The van der Waals surface area contributed by atoms with Crippen LogP contribution >= 0.6 is 0 Å². The van der Waals surface area contributed by atoms with Crippen molar-refractivity contribution in [3.05, 3.63) is 54.1 Å². The number of aromatic nitrogens is 2. The molecule has 36 heavy (non-hydrogen) atoms. The Labute approximate surface area is 224 Å². The van der Waals surface area contributed by atoms with Crippen LogP contribution in [0.1, 0.15) is 154 Å². The molecule has 0 aliphatic heterocycles. The van der Waals surface area contributed by atoms with E-state index in [0.29, 0.717) is 0 Å². The number of hydrogen-bond donors (Lipinski definition) is 0. The van der Waals surface area contributed by atoms with Crippen LogP contribution in [0.2, 0.25) is 0 Å². The normalized spacial score (nSPS) is 11.4. The van der Waals surface area contributed by atoms with Crippen molar-refractivity contribution in [1.82, 2.24) is 4.57 Å². The van der Waals surface area contributed by atoms with Gasteiger partial charge in [0.05, 0.1) is 19.5 Å². The average Bonchev–Trinajstić information content (AvgIpc) is 3.27. The Morgan fingerprint density at radius 1 is 0.556 bits per heavy atom. The molecule has 1 aromatic heterocycles. The highest BCUT2D eigenvalue weighted by Gasteiger charge is 2.17. The van der Waals surface area contributed by atoms with Gasteiger partial charge in [-0.2, -0.15) is 0 Å². The Morgan fingerprint density at radius 2 is 1.03 bits per heavy atom. The quantitative estimate of drug-likeness (QED) is 0.101. The first-order valence-corrected chi connectivity index (χ1v) is 16.0. The van der Waals surface area contributed by atoms with Crippen LogP contribution in [-0.2, 0) is 19.5 Å². The zero-order valence-electron chi connectivity index (χ0n) is 24.2. The Hall–Kier alpha value is -1.57. The molecule has 0 aliphatic carbocycles. The SMILES string of the molecule is CCCCCCCCCCCCCC[n+]1ccn(CCCCCCCCCC)c1Cc1ccccc1. The molecule has 2 nitrogen and oxygen atoms in total. The summed E-state index contributed by atoms with van der Waals surface area (Å²) in [5, 5.41) is 0. The maximum absolute atomic E-state index is 2.55. The van der Waals surface area contributed by atoms with Gasteiger partial charge in [0.15, 0.2) is 0 Å². The van der Waals surface area contributed by atoms with E-state index in [1.54, 1.807) is 0 Å². The van der Waals surface area contributed by atoms with Crippen LogP contribution < -0.4 is 4.57 Å². The number of nitrogens with zero attached hydrogens (tertiary/aromatic N) is 2. The predicted octanol–water partition coefficient (Wildman–Crippen LogP) is 10.2. The molecule has 2 aromatic rings. The van der Waals surface area contributed by atoms with Crippen molar-refractivity contribution in [1.29, 1.82) is 0 Å². The standard InChI is InChI=1S/C34H59N2/c1-3-5-7-9-11-13-14-15-16-18-20-25-29-36-31-30-35(28-24-19-17-12-10-8-6-4-2)34(36)32-33-26-22-21-23-27-33/h21-23,26-27,30-31H,3-20,24-25,28-29,32H2,1-2H3/q+1. The minimum atomic E-state index is 1.04. The molecule has 2 rings (SSSR count). The molecule has 0 radical (unpaired) electrons. The molecule has 0 N–H and O–H groups in total. The average molecular weight is 496 g/mol. The van der Waals surface area contributed by atoms with Crippen molar-refractivity contribution >= 4 is 0 Å². The number of aryl methyl sites for hydroxylation is 2. The molecule has 0 saturated carbocycles. The smallest absolute Gasteiger partial charge is 0.234 e. The summed E-state index contributed by atoms with van der Waals surface area (Å²) >= 11 is 0. The molecular formula is C34H59N2+. The second-order valence-electron chi connectivity index (χ2n) is 11.1. The summed E-state index contributed by atoms with van der Waals surface area (Å²) in [5.41, 5.74) is 1.43. The van der Waals surface area contributed by atoms with Crippen molar-refractivity contribution in [2.45, 2.75) is 162 Å². The fourth-order valence-electron chi connectivity index (χ4n) is 5.43. The predicted molar refractivity (Wildman–Crippen MR) is 158 cm³/mol. The highest BCUT2D eigenvalue weighted by molar-refractivity contribution is 5.18. The third kappa shape index (κ3) is 14.2. The van der Waals surface area contributed by atoms with Gasteiger partial charge in [-0.05, 0) is 31.2 Å². The summed E-state index contributed by atoms with van der Waals surface area (Å²) in [7, 11) is 0. The molecule has 2 heteroatoms. The summed E-state index contributed by atoms with van der Waals surface area (Å²) in [6.07, 6.45) is 33.8. The number of imidazole rings is 1. The molecule has 0 saturated heterocycles. The topological polar surface area (TPSA) is 8.81 Å². The van der Waals surface area contributed by atoms with Crippen LogP contribution in [0.15, 0.2) is 42.7 Å². The highest BCUT2D eigenvalue weighted by Crippen LogP contribution is 2.14. The maximum Gasteiger partial charge on any atom is 0.260 e. The number of unbranched alkanes of at least 4 members (excludes halogenated alkanes) is 18. The first kappa shape index (κ1) is 30.7. The van der Waals surface area contributed by atoms with Crippen molar-refractivity contribution in [3.63, 3.8) is 0 Å². The molecule has 1 aromatic carbocycles. The van der Waals surface area contributed by atoms with Crippen LogP contribution in [0.25, 0.3) is 0 Å². The van der Waals surface area contributed by atoms with E-state index < -0.39 is 0 Å². The van der Waals surface area contributed by atoms with Gasteiger partial charge in [0.2, 0.25) is 0 Å². The van der Waals surface area contributed by atoms with Crippen LogP contribution in [0.5, 0.6) is 0 Å². The van der Waals surface area contributed by atoms with E-state index in [1.807, 2.05) is 0 Å². The zero-order valence-corrected chi connectivity index (χ0v) is 24.2. The highest BCUT2D eigenvalue weighted by atomic mass is 15.1. The lowest BCUT2D eigenvalue weighted by Crippen LogP contribution is -2.37. The molecule has 0 spiro atoms. The largest absolute Gasteiger partial charge is 0.260 e. The van der Waals surface area contributed by atoms with Crippen LogP contribution in [0.3, 0.4) is 0 Å². The Kier molecular flexibility index (Phi) is 18.3. The third-order valence-corrected chi connectivity index (χ3v) is 7.80. The lowest BCUT2D eigenvalue weighted by atomic mass is 10.1. The molecule has 0 atom stereocenters. The Balaban J connectivity index is 1.68. The van der Waals surface area contributed by atoms with Gasteiger partial charge >= 0.3 is 0 Å². The van der Waals surface area contributed by atoms with Gasteiger partial charge in [0.25, 0.3) is 5.82 Å². The van der Waals surface area contributed by atoms with Gasteiger partial charge in [-0.1, -0.05) is 147 Å². The van der Waals surface area contributed by atoms with E-state index in [2.05, 4.69) is 65.7 Å². The van der Waals surface area contributed by atoms with Gasteiger partial charge in [0.1, 0.15) is 12.4 Å². The second-order valence-corrected chi connectivity index (χ2v) is 11.1. The van der Waals surface area contributed by atoms with E-state index >= 15 is 0 Å². The summed E-state index contributed by atoms with van der Waals surface area (Å²) in [5.74, 6) is 1.49. The lowest BCUT2D eigenvalue weighted by molar-refractivity contribution is -0.703. The van der Waals surface area contributed by atoms with E-state index in [1.165, 1.54) is 153 Å². The summed E-state index contributed by atoms with van der Waals surface area (Å²) in [6.45, 7) is 6.94. The van der Waals surface area contributed by atoms with Crippen LogP contribution in [0, 0.1) is 0 Å². The van der Waals surface area contributed by atoms with Crippen LogP contribution in [0.4, 0.5) is 0 Å². The molecule has 0 amide bonds. The molecule has 0 fully saturated rings. The van der Waals surface area contributed by atoms with Gasteiger partial charge < -0.3 is 0 Å². The van der Waals surface area contributed by atoms with Gasteiger partial charge in [-0.3, -0.25) is 0 Å². The van der Waals surface area contributed by atoms with Gasteiger partial charge in [-0.25, -0.2) is 9.13 Å². The molecule has 1 heterocycles. The summed E-state index contributed by atoms with van der Waals surface area (Å²) in [4.78, 5) is 0. The van der Waals surface area contributed by atoms with Crippen molar-refractivity contribution in [3.8, 4) is 0 Å². The van der Waals surface area contributed by atoms with Crippen molar-refractivity contribution < 1.29 is 4.57 Å². The molecule has 0 unspecified atom stereocenters. The minimum Gasteiger partial charge on any atom is -0.234 e. The fourth-order valence-corrected chi connectivity index (χ4v) is 5.43. The minimum absolute atomic E-state index is 1.04.